The number of hydrogen-bond donors (Lipinski definition) is 5. The number of methoxy groups -OCH3 is 1. The molecule has 51 heavy (non-hydrogen) atoms. The normalized spacial score (nSPS) is 16.8. The Hall–Kier alpha value is -5.54. The third kappa shape index (κ3) is 9.18. The molecule has 1 aliphatic carbocycles. The van der Waals surface area contributed by atoms with Crippen LogP contribution in [-0.4, -0.2) is 63.9 Å². The van der Waals surface area contributed by atoms with E-state index in [4.69, 9.17) is 4.74 Å². The Labute approximate surface area is 298 Å². The van der Waals surface area contributed by atoms with Crippen molar-refractivity contribution in [3.05, 3.63) is 137 Å². The zero-order valence-electron chi connectivity index (χ0n) is 29.1. The van der Waals surface area contributed by atoms with Crippen LogP contribution in [0.2, 0.25) is 0 Å². The molecule has 4 aromatic rings. The molecule has 0 unspecified atom stereocenters. The molecule has 0 saturated heterocycles. The lowest BCUT2D eigenvalue weighted by molar-refractivity contribution is -0.149. The van der Waals surface area contributed by atoms with Gasteiger partial charge in [0.1, 0.15) is 11.7 Å². The largest absolute Gasteiger partial charge is 0.453 e. The van der Waals surface area contributed by atoms with Crippen LogP contribution in [0.4, 0.5) is 4.79 Å². The number of aliphatic hydroxyl groups is 2. The fourth-order valence-corrected chi connectivity index (χ4v) is 6.04. The van der Waals surface area contributed by atoms with Gasteiger partial charge in [0.2, 0.25) is 0 Å². The summed E-state index contributed by atoms with van der Waals surface area (Å²) in [6.45, 7) is 5.01. The number of nitrogens with zero attached hydrogens (tertiary/aromatic N) is 2. The number of hydrazine groups is 1. The first-order valence-electron chi connectivity index (χ1n) is 16.6. The standard InChI is InChI=1S/C40H43N5O6/c1-39(2,3)35(43-38(49)51-4)36(47)44-45(25-28-14-12-13-27(23-28)20-21-31-18-10-11-22-41-31)26-40(50,30-16-6-5-7-17-30)37(48)42-34-32-19-9-8-15-29(32)24-33(34)46/h5-19,22-23,33-35,46,50H,24-26H2,1-4H3,(H,42,48)(H,43,49)(H,44,47)/t33-,34+,35-,40-/m1/s1. The molecule has 0 saturated carbocycles. The first-order chi connectivity index (χ1) is 24.4. The van der Waals surface area contributed by atoms with Crippen LogP contribution < -0.4 is 16.1 Å². The molecule has 11 heteroatoms. The second-order valence-corrected chi connectivity index (χ2v) is 13.6. The number of rotatable bonds is 10. The van der Waals surface area contributed by atoms with E-state index < -0.39 is 53.7 Å². The second kappa shape index (κ2) is 16.0. The molecule has 264 valence electrons. The lowest BCUT2D eigenvalue weighted by Crippen LogP contribution is -2.60. The van der Waals surface area contributed by atoms with Crippen molar-refractivity contribution < 1.29 is 29.3 Å². The first kappa shape index (κ1) is 36.7. The second-order valence-electron chi connectivity index (χ2n) is 13.6. The number of amides is 3. The van der Waals surface area contributed by atoms with Gasteiger partial charge in [0.25, 0.3) is 11.8 Å². The average Bonchev–Trinajstić information content (AvgIpc) is 3.44. The van der Waals surface area contributed by atoms with Crippen molar-refractivity contribution in [3.8, 4) is 11.8 Å². The molecule has 1 heterocycles. The number of hydrogen-bond acceptors (Lipinski definition) is 8. The minimum absolute atomic E-state index is 0.0389. The zero-order chi connectivity index (χ0) is 36.6. The predicted molar refractivity (Wildman–Crippen MR) is 191 cm³/mol. The summed E-state index contributed by atoms with van der Waals surface area (Å²) in [6, 6.07) is 26.9. The van der Waals surface area contributed by atoms with E-state index in [0.29, 0.717) is 23.2 Å². The highest BCUT2D eigenvalue weighted by molar-refractivity contribution is 5.88. The van der Waals surface area contributed by atoms with Gasteiger partial charge in [0, 0.05) is 24.7 Å². The molecule has 3 amide bonds. The molecule has 1 aliphatic rings. The molecule has 0 bridgehead atoms. The van der Waals surface area contributed by atoms with E-state index in [-0.39, 0.29) is 12.1 Å². The van der Waals surface area contributed by atoms with Crippen molar-refractivity contribution in [3.63, 3.8) is 0 Å². The molecule has 1 aromatic heterocycles. The maximum absolute atomic E-state index is 14.3. The minimum atomic E-state index is -2.21. The number of carbonyl (C=O) groups excluding carboxylic acids is 3. The van der Waals surface area contributed by atoms with Crippen molar-refractivity contribution in [1.29, 1.82) is 0 Å². The molecular formula is C40H43N5O6. The van der Waals surface area contributed by atoms with Gasteiger partial charge in [-0.05, 0) is 57.9 Å². The van der Waals surface area contributed by atoms with Crippen molar-refractivity contribution in [2.75, 3.05) is 13.7 Å². The highest BCUT2D eigenvalue weighted by Crippen LogP contribution is 2.33. The summed E-state index contributed by atoms with van der Waals surface area (Å²) in [6.07, 6.45) is 0.339. The van der Waals surface area contributed by atoms with Crippen LogP contribution in [0.25, 0.3) is 0 Å². The molecular weight excluding hydrogens is 646 g/mol. The van der Waals surface area contributed by atoms with Gasteiger partial charge in [0.05, 0.1) is 25.8 Å². The number of pyridine rings is 1. The summed E-state index contributed by atoms with van der Waals surface area (Å²) < 4.78 is 4.79. The summed E-state index contributed by atoms with van der Waals surface area (Å²) >= 11 is 0. The number of aliphatic hydroxyl groups excluding tert-OH is 1. The Balaban J connectivity index is 1.50. The van der Waals surface area contributed by atoms with E-state index in [1.54, 1.807) is 63.4 Å². The Kier molecular flexibility index (Phi) is 11.5. The van der Waals surface area contributed by atoms with Crippen LogP contribution in [0.5, 0.6) is 0 Å². The molecule has 5 N–H and O–H groups in total. The number of alkyl carbamates (subject to hydrolysis) is 1. The molecule has 4 atom stereocenters. The topological polar surface area (TPSA) is 153 Å². The van der Waals surface area contributed by atoms with Crippen molar-refractivity contribution in [2.24, 2.45) is 5.41 Å². The number of nitrogens with one attached hydrogen (secondary N) is 3. The smallest absolute Gasteiger partial charge is 0.407 e. The fraction of sp³-hybridized carbons (Fsp3) is 0.300. The van der Waals surface area contributed by atoms with Gasteiger partial charge in [-0.2, -0.15) is 0 Å². The molecule has 0 fully saturated rings. The van der Waals surface area contributed by atoms with Crippen LogP contribution >= 0.6 is 0 Å². The molecule has 11 nitrogen and oxygen atoms in total. The first-order valence-corrected chi connectivity index (χ1v) is 16.6. The van der Waals surface area contributed by atoms with Crippen LogP contribution in [0.1, 0.15) is 60.3 Å². The molecule has 0 radical (unpaired) electrons. The Morgan fingerprint density at radius 2 is 1.69 bits per heavy atom. The van der Waals surface area contributed by atoms with E-state index in [2.05, 4.69) is 32.9 Å². The highest BCUT2D eigenvalue weighted by Gasteiger charge is 2.44. The average molecular weight is 690 g/mol. The van der Waals surface area contributed by atoms with Gasteiger partial charge < -0.3 is 25.6 Å². The maximum atomic E-state index is 14.3. The summed E-state index contributed by atoms with van der Waals surface area (Å²) in [5, 5.41) is 30.3. The predicted octanol–water partition coefficient (Wildman–Crippen LogP) is 3.75. The van der Waals surface area contributed by atoms with E-state index in [1.807, 2.05) is 60.7 Å². The Morgan fingerprint density at radius 3 is 2.39 bits per heavy atom. The Bertz CT molecular complexity index is 1900. The van der Waals surface area contributed by atoms with Gasteiger partial charge in [-0.1, -0.05) is 99.5 Å². The van der Waals surface area contributed by atoms with Crippen molar-refractivity contribution >= 4 is 17.9 Å². The summed E-state index contributed by atoms with van der Waals surface area (Å²) in [7, 11) is 1.21. The SMILES string of the molecule is COC(=O)N[C@H](C(=O)NN(Cc1cccc(C#Cc2ccccn2)c1)C[C@](O)(C(=O)N[C@H]1c2ccccc2C[C@H]1O)c1ccccc1)C(C)(C)C. The molecule has 5 rings (SSSR count). The van der Waals surface area contributed by atoms with Crippen molar-refractivity contribution in [2.45, 2.75) is 57.5 Å². The lowest BCUT2D eigenvalue weighted by Gasteiger charge is -2.37. The van der Waals surface area contributed by atoms with Crippen LogP contribution in [0.3, 0.4) is 0 Å². The Morgan fingerprint density at radius 1 is 0.961 bits per heavy atom. The van der Waals surface area contributed by atoms with Gasteiger partial charge >= 0.3 is 6.09 Å². The van der Waals surface area contributed by atoms with Crippen LogP contribution in [0, 0.1) is 17.3 Å². The highest BCUT2D eigenvalue weighted by atomic mass is 16.5. The van der Waals surface area contributed by atoms with Crippen molar-refractivity contribution in [1.82, 2.24) is 26.1 Å². The molecule has 3 aromatic carbocycles. The van der Waals surface area contributed by atoms with Gasteiger partial charge in [0.15, 0.2) is 5.60 Å². The number of fused-ring (bicyclic) bond motifs is 1. The van der Waals surface area contributed by atoms with E-state index in [9.17, 15) is 24.6 Å². The van der Waals surface area contributed by atoms with Crippen LogP contribution in [-0.2, 0) is 32.9 Å². The summed E-state index contributed by atoms with van der Waals surface area (Å²) in [5.74, 6) is 4.80. The molecule has 0 aliphatic heterocycles. The maximum Gasteiger partial charge on any atom is 0.407 e. The number of aromatic nitrogens is 1. The lowest BCUT2D eigenvalue weighted by atomic mass is 9.86. The monoisotopic (exact) mass is 689 g/mol. The summed E-state index contributed by atoms with van der Waals surface area (Å²) in [5.41, 5.74) is 3.87. The third-order valence-corrected chi connectivity index (χ3v) is 8.68. The van der Waals surface area contributed by atoms with E-state index in [0.717, 1.165) is 11.1 Å². The number of ether oxygens (including phenoxy) is 1. The number of carbonyl (C=O) groups is 3. The van der Waals surface area contributed by atoms with E-state index in [1.165, 1.54) is 12.1 Å². The van der Waals surface area contributed by atoms with Gasteiger partial charge in [-0.25, -0.2) is 14.8 Å². The van der Waals surface area contributed by atoms with Crippen LogP contribution in [0.15, 0.2) is 103 Å². The summed E-state index contributed by atoms with van der Waals surface area (Å²) in [4.78, 5) is 44.8. The van der Waals surface area contributed by atoms with Gasteiger partial charge in [-0.15, -0.1) is 0 Å². The number of benzene rings is 3. The quantitative estimate of drug-likeness (QED) is 0.125. The molecule has 0 spiro atoms. The zero-order valence-corrected chi connectivity index (χ0v) is 29.1. The fourth-order valence-electron chi connectivity index (χ4n) is 6.04. The minimum Gasteiger partial charge on any atom is -0.453 e. The van der Waals surface area contributed by atoms with Gasteiger partial charge in [-0.3, -0.25) is 15.0 Å². The van der Waals surface area contributed by atoms with E-state index >= 15 is 0 Å². The third-order valence-electron chi connectivity index (χ3n) is 8.68.